The Morgan fingerprint density at radius 1 is 1.45 bits per heavy atom. The summed E-state index contributed by atoms with van der Waals surface area (Å²) in [7, 11) is 0. The van der Waals surface area contributed by atoms with Crippen LogP contribution in [0.15, 0.2) is 55.2 Å². The number of phenolic OH excluding ortho intramolecular Hbond substituents is 1. The molecule has 0 saturated carbocycles. The fraction of sp³-hybridized carbons (Fsp3) is 0.190. The first kappa shape index (κ1) is 22.0. The van der Waals surface area contributed by atoms with Crippen LogP contribution in [0.2, 0.25) is 5.02 Å². The zero-order valence-corrected chi connectivity index (χ0v) is 20.4. The zero-order valence-electron chi connectivity index (χ0n) is 16.4. The average Bonchev–Trinajstić information content (AvgIpc) is 3.34. The largest absolute Gasteiger partial charge is 0.506 e. The molecule has 0 fully saturated rings. The van der Waals surface area contributed by atoms with Crippen LogP contribution in [0.4, 0.5) is 0 Å². The van der Waals surface area contributed by atoms with Gasteiger partial charge in [-0.1, -0.05) is 44.9 Å². The molecule has 160 valence electrons. The number of esters is 1. The molecule has 10 heteroatoms. The maximum absolute atomic E-state index is 13.4. The number of ether oxygens (including phenoxy) is 1. The number of rotatable bonds is 4. The maximum atomic E-state index is 13.4. The second kappa shape index (κ2) is 8.74. The Labute approximate surface area is 198 Å². The van der Waals surface area contributed by atoms with Crippen molar-refractivity contribution in [3.05, 3.63) is 80.5 Å². The molecule has 1 aliphatic heterocycles. The van der Waals surface area contributed by atoms with Gasteiger partial charge in [0.05, 0.1) is 27.4 Å². The van der Waals surface area contributed by atoms with E-state index < -0.39 is 12.0 Å². The summed E-state index contributed by atoms with van der Waals surface area (Å²) in [6.45, 7) is 3.70. The third-order valence-corrected chi connectivity index (χ3v) is 7.33. The normalized spacial score (nSPS) is 16.3. The molecule has 1 unspecified atom stereocenters. The van der Waals surface area contributed by atoms with Gasteiger partial charge in [0.15, 0.2) is 4.80 Å². The van der Waals surface area contributed by atoms with Gasteiger partial charge in [0.2, 0.25) is 0 Å². The van der Waals surface area contributed by atoms with Crippen LogP contribution in [-0.4, -0.2) is 22.2 Å². The Bertz CT molecular complexity index is 1390. The fourth-order valence-corrected chi connectivity index (χ4v) is 6.04. The minimum atomic E-state index is -0.628. The molecule has 0 radical (unpaired) electrons. The Kier molecular flexibility index (Phi) is 6.20. The van der Waals surface area contributed by atoms with Gasteiger partial charge in [0.25, 0.3) is 5.56 Å². The molecule has 0 aliphatic carbocycles. The van der Waals surface area contributed by atoms with E-state index >= 15 is 0 Å². The highest BCUT2D eigenvalue weighted by atomic mass is 79.9. The zero-order chi connectivity index (χ0) is 22.3. The van der Waals surface area contributed by atoms with Crippen molar-refractivity contribution >= 4 is 62.2 Å². The van der Waals surface area contributed by atoms with Gasteiger partial charge in [0.1, 0.15) is 11.8 Å². The highest BCUT2D eigenvalue weighted by Gasteiger charge is 2.33. The number of thiazole rings is 1. The number of carbonyl (C=O) groups is 1. The number of carbonyl (C=O) groups excluding carboxylic acids is 1. The van der Waals surface area contributed by atoms with Crippen LogP contribution >= 0.6 is 50.2 Å². The van der Waals surface area contributed by atoms with Crippen molar-refractivity contribution in [1.82, 2.24) is 4.57 Å². The highest BCUT2D eigenvalue weighted by molar-refractivity contribution is 9.10. The molecule has 3 aromatic rings. The summed E-state index contributed by atoms with van der Waals surface area (Å²) in [6, 6.07) is 6.37. The first-order valence-electron chi connectivity index (χ1n) is 9.23. The third-order valence-electron chi connectivity index (χ3n) is 4.67. The summed E-state index contributed by atoms with van der Waals surface area (Å²) in [4.78, 5) is 32.0. The van der Waals surface area contributed by atoms with Crippen molar-refractivity contribution in [3.8, 4) is 5.75 Å². The molecule has 0 amide bonds. The number of phenols is 1. The van der Waals surface area contributed by atoms with Crippen LogP contribution in [0.25, 0.3) is 6.08 Å². The minimum Gasteiger partial charge on any atom is -0.506 e. The van der Waals surface area contributed by atoms with Gasteiger partial charge in [-0.25, -0.2) is 9.79 Å². The molecule has 31 heavy (non-hydrogen) atoms. The van der Waals surface area contributed by atoms with Crippen LogP contribution in [0.3, 0.4) is 0 Å². The molecule has 1 atom stereocenters. The smallest absolute Gasteiger partial charge is 0.338 e. The standard InChI is InChI=1S/C21H16BrClN2O4S2/c1-3-29-20(28)16-10(2)24-21-25(17(16)14-5-4-6-30-14)19(27)15(31-21)8-11-7-12(22)9-13(23)18(11)26/h4-9,17,26H,3H2,1-2H3. The third kappa shape index (κ3) is 4.03. The number of nitrogens with zero attached hydrogens (tertiary/aromatic N) is 2. The van der Waals surface area contributed by atoms with Crippen LogP contribution < -0.4 is 14.9 Å². The summed E-state index contributed by atoms with van der Waals surface area (Å²) in [5, 5.41) is 12.4. The second-order valence-corrected chi connectivity index (χ2v) is 9.95. The number of aromatic nitrogens is 1. The van der Waals surface area contributed by atoms with E-state index in [2.05, 4.69) is 20.9 Å². The molecule has 1 aliphatic rings. The van der Waals surface area contributed by atoms with Crippen molar-refractivity contribution in [2.75, 3.05) is 6.61 Å². The summed E-state index contributed by atoms with van der Waals surface area (Å²) in [6.07, 6.45) is 1.57. The molecule has 0 bridgehead atoms. The second-order valence-electron chi connectivity index (χ2n) is 6.64. The van der Waals surface area contributed by atoms with Crippen LogP contribution in [0.5, 0.6) is 5.75 Å². The van der Waals surface area contributed by atoms with Crippen molar-refractivity contribution in [2.45, 2.75) is 19.9 Å². The fourth-order valence-electron chi connectivity index (χ4n) is 3.34. The van der Waals surface area contributed by atoms with E-state index in [9.17, 15) is 14.7 Å². The molecule has 2 aromatic heterocycles. The van der Waals surface area contributed by atoms with Gasteiger partial charge < -0.3 is 9.84 Å². The lowest BCUT2D eigenvalue weighted by Crippen LogP contribution is -2.39. The average molecular weight is 540 g/mol. The number of benzene rings is 1. The van der Waals surface area contributed by atoms with Crippen molar-refractivity contribution in [1.29, 1.82) is 0 Å². The number of hydrogen-bond donors (Lipinski definition) is 1. The van der Waals surface area contributed by atoms with Gasteiger partial charge in [-0.3, -0.25) is 9.36 Å². The van der Waals surface area contributed by atoms with Crippen LogP contribution in [-0.2, 0) is 9.53 Å². The summed E-state index contributed by atoms with van der Waals surface area (Å²) < 4.78 is 7.80. The number of allylic oxidation sites excluding steroid dienone is 1. The molecule has 1 aromatic carbocycles. The molecule has 1 N–H and O–H groups in total. The predicted molar refractivity (Wildman–Crippen MR) is 126 cm³/mol. The van der Waals surface area contributed by atoms with E-state index in [1.165, 1.54) is 27.2 Å². The summed E-state index contributed by atoms with van der Waals surface area (Å²) in [5.41, 5.74) is 0.945. The molecule has 0 saturated heterocycles. The van der Waals surface area contributed by atoms with Gasteiger partial charge in [-0.15, -0.1) is 11.3 Å². The van der Waals surface area contributed by atoms with E-state index in [4.69, 9.17) is 16.3 Å². The summed E-state index contributed by atoms with van der Waals surface area (Å²) >= 11 is 12.0. The lowest BCUT2D eigenvalue weighted by molar-refractivity contribution is -0.139. The van der Waals surface area contributed by atoms with Crippen molar-refractivity contribution in [3.63, 3.8) is 0 Å². The van der Waals surface area contributed by atoms with Crippen molar-refractivity contribution in [2.24, 2.45) is 4.99 Å². The van der Waals surface area contributed by atoms with Crippen LogP contribution in [0.1, 0.15) is 30.3 Å². The van der Waals surface area contributed by atoms with E-state index in [0.717, 1.165) is 4.88 Å². The SMILES string of the molecule is CCOC(=O)C1=C(C)N=c2sc(=Cc3cc(Br)cc(Cl)c3O)c(=O)n2C1c1cccs1. The topological polar surface area (TPSA) is 80.9 Å². The lowest BCUT2D eigenvalue weighted by Gasteiger charge is -2.23. The molecule has 4 rings (SSSR count). The number of aromatic hydroxyl groups is 1. The Hall–Kier alpha value is -2.20. The Balaban J connectivity index is 1.97. The lowest BCUT2D eigenvalue weighted by atomic mass is 10.0. The monoisotopic (exact) mass is 538 g/mol. The van der Waals surface area contributed by atoms with Crippen LogP contribution in [0, 0.1) is 0 Å². The van der Waals surface area contributed by atoms with Gasteiger partial charge in [-0.2, -0.15) is 0 Å². The van der Waals surface area contributed by atoms with Gasteiger partial charge >= 0.3 is 5.97 Å². The predicted octanol–water partition coefficient (Wildman–Crippen LogP) is 3.98. The maximum Gasteiger partial charge on any atom is 0.338 e. The molecule has 0 spiro atoms. The van der Waals surface area contributed by atoms with E-state index in [1.807, 2.05) is 17.5 Å². The molecule has 6 nitrogen and oxygen atoms in total. The molecule has 3 heterocycles. The Morgan fingerprint density at radius 2 is 2.23 bits per heavy atom. The molecular weight excluding hydrogens is 524 g/mol. The Morgan fingerprint density at radius 3 is 2.90 bits per heavy atom. The molecular formula is C21H16BrClN2O4S2. The van der Waals surface area contributed by atoms with Gasteiger partial charge in [0, 0.05) is 14.9 Å². The first-order chi connectivity index (χ1) is 14.8. The van der Waals surface area contributed by atoms with Crippen molar-refractivity contribution < 1.29 is 14.6 Å². The van der Waals surface area contributed by atoms with Gasteiger partial charge in [-0.05, 0) is 43.5 Å². The quantitative estimate of drug-likeness (QED) is 0.509. The highest BCUT2D eigenvalue weighted by Crippen LogP contribution is 2.34. The number of fused-ring (bicyclic) bond motifs is 1. The number of thiophene rings is 1. The number of hydrogen-bond acceptors (Lipinski definition) is 7. The number of halogens is 2. The van der Waals surface area contributed by atoms with E-state index in [0.29, 0.717) is 30.6 Å². The minimum absolute atomic E-state index is 0.117. The first-order valence-corrected chi connectivity index (χ1v) is 12.1. The van der Waals surface area contributed by atoms with E-state index in [1.54, 1.807) is 32.1 Å². The summed E-state index contributed by atoms with van der Waals surface area (Å²) in [5.74, 6) is -0.609. The van der Waals surface area contributed by atoms with E-state index in [-0.39, 0.29) is 22.9 Å².